The molecule has 1 aromatic carbocycles. The van der Waals surface area contributed by atoms with Crippen molar-refractivity contribution in [3.05, 3.63) is 52.1 Å². The molecule has 5 rings (SSSR count). The maximum atomic E-state index is 6.23. The first-order valence-electron chi connectivity index (χ1n) is 10.4. The number of hydrogen-bond donors (Lipinski definition) is 1. The number of nitrogens with zero attached hydrogens (tertiary/aromatic N) is 3. The van der Waals surface area contributed by atoms with Crippen LogP contribution in [0.5, 0.6) is 0 Å². The molecule has 152 valence electrons. The molecule has 0 spiro atoms. The Morgan fingerprint density at radius 2 is 1.86 bits per heavy atom. The summed E-state index contributed by atoms with van der Waals surface area (Å²) in [4.78, 5) is 11.4. The van der Waals surface area contributed by atoms with Crippen LogP contribution >= 0.6 is 22.9 Å². The Balaban J connectivity index is 1.26. The fraction of sp³-hybridized carbons (Fsp3) is 0.478. The number of thiophene rings is 1. The van der Waals surface area contributed by atoms with E-state index < -0.39 is 0 Å². The molecule has 1 saturated heterocycles. The minimum atomic E-state index is 0.319. The second-order valence-corrected chi connectivity index (χ2v) is 10.2. The van der Waals surface area contributed by atoms with Crippen molar-refractivity contribution in [3.63, 3.8) is 0 Å². The van der Waals surface area contributed by atoms with Crippen LogP contribution in [0.1, 0.15) is 43.7 Å². The van der Waals surface area contributed by atoms with E-state index in [1.807, 2.05) is 0 Å². The number of hydrogen-bond acceptors (Lipinski definition) is 5. The minimum absolute atomic E-state index is 0.319. The topological polar surface area (TPSA) is 41.0 Å². The molecule has 0 bridgehead atoms. The molecule has 2 fully saturated rings. The minimum Gasteiger partial charge on any atom is -0.355 e. The van der Waals surface area contributed by atoms with Gasteiger partial charge in [-0.15, -0.1) is 11.3 Å². The summed E-state index contributed by atoms with van der Waals surface area (Å²) >= 11 is 7.95. The van der Waals surface area contributed by atoms with E-state index in [1.54, 1.807) is 11.3 Å². The van der Waals surface area contributed by atoms with Gasteiger partial charge >= 0.3 is 0 Å². The average Bonchev–Trinajstić information content (AvgIpc) is 3.05. The number of rotatable bonds is 4. The Bertz CT molecular complexity index is 1020. The van der Waals surface area contributed by atoms with Crippen LogP contribution in [0.2, 0.25) is 5.28 Å². The van der Waals surface area contributed by atoms with Crippen molar-refractivity contribution in [2.24, 2.45) is 5.41 Å². The summed E-state index contributed by atoms with van der Waals surface area (Å²) in [5, 5.41) is 6.47. The number of fused-ring (bicyclic) bond motifs is 1. The summed E-state index contributed by atoms with van der Waals surface area (Å²) in [7, 11) is 0. The van der Waals surface area contributed by atoms with E-state index >= 15 is 0 Å². The summed E-state index contributed by atoms with van der Waals surface area (Å²) < 4.78 is 1.16. The normalized spacial score (nSPS) is 24.2. The van der Waals surface area contributed by atoms with E-state index in [9.17, 15) is 0 Å². The van der Waals surface area contributed by atoms with Gasteiger partial charge in [-0.1, -0.05) is 44.2 Å². The number of piperidine rings is 1. The zero-order chi connectivity index (χ0) is 20.2. The smallest absolute Gasteiger partial charge is 0.224 e. The SMILES string of the molecule is Cc1csc2c(N3CCC(NC4C(c5ccccc5)C4(C)C)CC3)nc(Cl)nc12. The van der Waals surface area contributed by atoms with Crippen LogP contribution in [-0.4, -0.2) is 35.1 Å². The summed E-state index contributed by atoms with van der Waals surface area (Å²) in [6.45, 7) is 8.86. The van der Waals surface area contributed by atoms with Crippen LogP contribution in [0.15, 0.2) is 35.7 Å². The molecule has 2 unspecified atom stereocenters. The van der Waals surface area contributed by atoms with Crippen LogP contribution in [0.4, 0.5) is 5.82 Å². The molecule has 0 radical (unpaired) electrons. The molecule has 3 aromatic rings. The first kappa shape index (κ1) is 19.3. The first-order valence-corrected chi connectivity index (χ1v) is 11.7. The lowest BCUT2D eigenvalue weighted by atomic mass is 10.0. The van der Waals surface area contributed by atoms with Gasteiger partial charge in [0, 0.05) is 31.1 Å². The van der Waals surface area contributed by atoms with Crippen LogP contribution in [-0.2, 0) is 0 Å². The molecule has 3 heterocycles. The van der Waals surface area contributed by atoms with Gasteiger partial charge in [-0.25, -0.2) is 4.98 Å². The fourth-order valence-corrected chi connectivity index (χ4v) is 6.12. The maximum Gasteiger partial charge on any atom is 0.224 e. The Morgan fingerprint density at radius 1 is 1.14 bits per heavy atom. The van der Waals surface area contributed by atoms with Gasteiger partial charge in [0.1, 0.15) is 0 Å². The van der Waals surface area contributed by atoms with Crippen LogP contribution in [0, 0.1) is 12.3 Å². The van der Waals surface area contributed by atoms with E-state index in [4.69, 9.17) is 11.6 Å². The van der Waals surface area contributed by atoms with Crippen molar-refractivity contribution in [3.8, 4) is 0 Å². The monoisotopic (exact) mass is 426 g/mol. The molecule has 4 nitrogen and oxygen atoms in total. The Kier molecular flexibility index (Phi) is 4.80. The average molecular weight is 427 g/mol. The molecule has 1 aliphatic carbocycles. The lowest BCUT2D eigenvalue weighted by molar-refractivity contribution is 0.389. The summed E-state index contributed by atoms with van der Waals surface area (Å²) in [5.74, 6) is 1.61. The van der Waals surface area contributed by atoms with Gasteiger partial charge in [0.05, 0.1) is 10.2 Å². The molecular formula is C23H27ClN4S. The van der Waals surface area contributed by atoms with Crippen LogP contribution in [0.25, 0.3) is 10.2 Å². The van der Waals surface area contributed by atoms with Crippen molar-refractivity contribution < 1.29 is 0 Å². The predicted molar refractivity (Wildman–Crippen MR) is 122 cm³/mol. The third-order valence-corrected chi connectivity index (χ3v) is 8.00. The van der Waals surface area contributed by atoms with Gasteiger partial charge in [0.25, 0.3) is 0 Å². The lowest BCUT2D eigenvalue weighted by Crippen LogP contribution is -2.44. The molecule has 2 atom stereocenters. The molecule has 29 heavy (non-hydrogen) atoms. The van der Waals surface area contributed by atoms with Gasteiger partial charge in [0.2, 0.25) is 5.28 Å². The molecule has 6 heteroatoms. The standard InChI is InChI=1S/C23H27ClN4S/c1-14-13-29-19-18(14)26-22(24)27-21(19)28-11-9-16(10-12-28)25-20-17(23(20,2)3)15-7-5-4-6-8-15/h4-8,13,16-17,20,25H,9-12H2,1-3H3. The number of benzene rings is 1. The van der Waals surface area contributed by atoms with E-state index in [0.29, 0.717) is 28.7 Å². The van der Waals surface area contributed by atoms with Gasteiger partial charge in [-0.2, -0.15) is 4.98 Å². The quantitative estimate of drug-likeness (QED) is 0.567. The molecule has 1 aliphatic heterocycles. The number of nitrogens with one attached hydrogen (secondary N) is 1. The maximum absolute atomic E-state index is 6.23. The third kappa shape index (κ3) is 3.43. The molecule has 1 saturated carbocycles. The van der Waals surface area contributed by atoms with Gasteiger partial charge in [0.15, 0.2) is 5.82 Å². The summed E-state index contributed by atoms with van der Waals surface area (Å²) in [6.07, 6.45) is 2.25. The fourth-order valence-electron chi connectivity index (χ4n) is 4.95. The predicted octanol–water partition coefficient (Wildman–Crippen LogP) is 5.40. The first-order chi connectivity index (χ1) is 13.9. The van der Waals surface area contributed by atoms with E-state index in [-0.39, 0.29) is 0 Å². The number of halogens is 1. The highest BCUT2D eigenvalue weighted by Gasteiger charge is 2.58. The highest BCUT2D eigenvalue weighted by Crippen LogP contribution is 2.58. The van der Waals surface area contributed by atoms with Crippen LogP contribution in [0.3, 0.4) is 0 Å². The van der Waals surface area contributed by atoms with Crippen molar-refractivity contribution >= 4 is 39.0 Å². The van der Waals surface area contributed by atoms with Crippen molar-refractivity contribution in [1.29, 1.82) is 0 Å². The molecule has 0 amide bonds. The Morgan fingerprint density at radius 3 is 2.59 bits per heavy atom. The highest BCUT2D eigenvalue weighted by molar-refractivity contribution is 7.18. The van der Waals surface area contributed by atoms with Crippen molar-refractivity contribution in [2.75, 3.05) is 18.0 Å². The van der Waals surface area contributed by atoms with E-state index in [0.717, 1.165) is 42.0 Å². The van der Waals surface area contributed by atoms with E-state index in [2.05, 4.69) is 76.7 Å². The van der Waals surface area contributed by atoms with Gasteiger partial charge in [-0.3, -0.25) is 0 Å². The van der Waals surface area contributed by atoms with Crippen molar-refractivity contribution in [1.82, 2.24) is 15.3 Å². The number of anilines is 1. The molecular weight excluding hydrogens is 400 g/mol. The largest absolute Gasteiger partial charge is 0.355 e. The zero-order valence-electron chi connectivity index (χ0n) is 17.2. The second kappa shape index (κ2) is 7.22. The molecule has 2 aliphatic rings. The highest BCUT2D eigenvalue weighted by atomic mass is 35.5. The van der Waals surface area contributed by atoms with Crippen molar-refractivity contribution in [2.45, 2.75) is 51.6 Å². The molecule has 2 aromatic heterocycles. The number of aryl methyl sites for hydroxylation is 1. The Hall–Kier alpha value is -1.69. The second-order valence-electron chi connectivity index (χ2n) is 9.03. The Labute approximate surface area is 181 Å². The lowest BCUT2D eigenvalue weighted by Gasteiger charge is -2.34. The summed E-state index contributed by atoms with van der Waals surface area (Å²) in [5.41, 5.74) is 3.95. The molecule has 1 N–H and O–H groups in total. The summed E-state index contributed by atoms with van der Waals surface area (Å²) in [6, 6.07) is 12.1. The zero-order valence-corrected chi connectivity index (χ0v) is 18.7. The number of aromatic nitrogens is 2. The van der Waals surface area contributed by atoms with E-state index in [1.165, 1.54) is 11.1 Å². The van der Waals surface area contributed by atoms with Gasteiger partial charge in [-0.05, 0) is 53.3 Å². The van der Waals surface area contributed by atoms with Gasteiger partial charge < -0.3 is 10.2 Å². The third-order valence-electron chi connectivity index (χ3n) is 6.74. The van der Waals surface area contributed by atoms with Crippen LogP contribution < -0.4 is 10.2 Å².